The summed E-state index contributed by atoms with van der Waals surface area (Å²) in [4.78, 5) is 0. The van der Waals surface area contributed by atoms with Crippen LogP contribution in [-0.2, 0) is 0 Å². The summed E-state index contributed by atoms with van der Waals surface area (Å²) in [5.41, 5.74) is 2.86. The number of hydrogen-bond donors (Lipinski definition) is 0. The summed E-state index contributed by atoms with van der Waals surface area (Å²) in [7, 11) is 0. The third-order valence-electron chi connectivity index (χ3n) is 4.17. The normalized spacial score (nSPS) is 19.2. The van der Waals surface area contributed by atoms with Gasteiger partial charge in [0.1, 0.15) is 6.54 Å². The lowest BCUT2D eigenvalue weighted by Crippen LogP contribution is -2.52. The fraction of sp³-hybridized carbons (Fsp3) is 0.667. The molecule has 1 heterocycles. The van der Waals surface area contributed by atoms with Gasteiger partial charge in [-0.2, -0.15) is 0 Å². The minimum absolute atomic E-state index is 1.14. The Morgan fingerprint density at radius 2 is 1.84 bits per heavy atom. The molecule has 1 saturated heterocycles. The minimum Gasteiger partial charge on any atom is -0.317 e. The first kappa shape index (κ1) is 16.2. The molecule has 0 amide bonds. The molecule has 0 aromatic heterocycles. The van der Waals surface area contributed by atoms with Gasteiger partial charge < -0.3 is 4.48 Å². The second-order valence-corrected chi connectivity index (χ2v) is 6.38. The van der Waals surface area contributed by atoms with Crippen LogP contribution in [0.1, 0.15) is 52.4 Å². The fourth-order valence-corrected chi connectivity index (χ4v) is 3.21. The van der Waals surface area contributed by atoms with Gasteiger partial charge in [-0.25, -0.2) is 0 Å². The monoisotopic (exact) mass is 262 g/mol. The van der Waals surface area contributed by atoms with Gasteiger partial charge in [0.15, 0.2) is 0 Å². The zero-order chi connectivity index (χ0) is 14.1. The molecule has 0 aromatic rings. The highest BCUT2D eigenvalue weighted by atomic mass is 15.3. The zero-order valence-corrected chi connectivity index (χ0v) is 13.1. The van der Waals surface area contributed by atoms with E-state index in [0.717, 1.165) is 13.0 Å². The Hall–Kier alpha value is -0.820. The number of piperidine rings is 1. The van der Waals surface area contributed by atoms with Gasteiger partial charge >= 0.3 is 0 Å². The molecule has 0 aromatic carbocycles. The van der Waals surface area contributed by atoms with Crippen LogP contribution in [-0.4, -0.2) is 30.7 Å². The SMILES string of the molecule is C=CC[N+]1(CC(C)=CCCCC(=C)C)CCCCC1. The van der Waals surface area contributed by atoms with E-state index in [1.54, 1.807) is 5.57 Å². The summed E-state index contributed by atoms with van der Waals surface area (Å²) in [5.74, 6) is 0. The number of nitrogens with zero attached hydrogens (tertiary/aromatic N) is 1. The summed E-state index contributed by atoms with van der Waals surface area (Å²) in [5, 5.41) is 0. The van der Waals surface area contributed by atoms with Crippen LogP contribution in [0.2, 0.25) is 0 Å². The molecule has 0 radical (unpaired) electrons. The summed E-state index contributed by atoms with van der Waals surface area (Å²) in [6, 6.07) is 0. The molecule has 0 unspecified atom stereocenters. The lowest BCUT2D eigenvalue weighted by Gasteiger charge is -2.41. The Balaban J connectivity index is 2.46. The maximum absolute atomic E-state index is 3.97. The standard InChI is InChI=1S/C18H32N/c1-5-13-19(14-9-6-10-15-19)16-18(4)12-8-7-11-17(2)3/h5,12H,1-2,6-11,13-16H2,3-4H3/q+1. The van der Waals surface area contributed by atoms with Crippen molar-refractivity contribution in [2.75, 3.05) is 26.2 Å². The van der Waals surface area contributed by atoms with Gasteiger partial charge in [0.2, 0.25) is 0 Å². The van der Waals surface area contributed by atoms with Crippen molar-refractivity contribution in [3.8, 4) is 0 Å². The van der Waals surface area contributed by atoms with E-state index in [1.807, 2.05) is 0 Å². The molecule has 0 saturated carbocycles. The van der Waals surface area contributed by atoms with Gasteiger partial charge in [0.05, 0.1) is 19.6 Å². The van der Waals surface area contributed by atoms with Crippen LogP contribution < -0.4 is 0 Å². The molecule has 1 fully saturated rings. The average molecular weight is 262 g/mol. The van der Waals surface area contributed by atoms with E-state index in [0.29, 0.717) is 0 Å². The third kappa shape index (κ3) is 6.24. The van der Waals surface area contributed by atoms with Gasteiger partial charge in [0, 0.05) is 0 Å². The maximum atomic E-state index is 3.97. The minimum atomic E-state index is 1.14. The van der Waals surface area contributed by atoms with Gasteiger partial charge in [-0.3, -0.25) is 0 Å². The number of rotatable bonds is 8. The molecule has 108 valence electrons. The Morgan fingerprint density at radius 3 is 2.42 bits per heavy atom. The number of likely N-dealkylation sites (tertiary alicyclic amines) is 1. The van der Waals surface area contributed by atoms with Crippen LogP contribution in [0.4, 0.5) is 0 Å². The van der Waals surface area contributed by atoms with Crippen molar-refractivity contribution < 1.29 is 4.48 Å². The summed E-state index contributed by atoms with van der Waals surface area (Å²) in [6.45, 7) is 17.4. The van der Waals surface area contributed by atoms with Crippen molar-refractivity contribution >= 4 is 0 Å². The van der Waals surface area contributed by atoms with Crippen molar-refractivity contribution in [2.45, 2.75) is 52.4 Å². The molecule has 0 N–H and O–H groups in total. The second kappa shape index (κ2) is 8.37. The quantitative estimate of drug-likeness (QED) is 0.333. The predicted octanol–water partition coefficient (Wildman–Crippen LogP) is 4.87. The number of allylic oxidation sites excluding steroid dienone is 2. The van der Waals surface area contributed by atoms with Gasteiger partial charge in [-0.05, 0) is 64.0 Å². The smallest absolute Gasteiger partial charge is 0.100 e. The molecule has 19 heavy (non-hydrogen) atoms. The molecule has 1 rings (SSSR count). The average Bonchev–Trinajstić information content (AvgIpc) is 2.36. The topological polar surface area (TPSA) is 0 Å². The van der Waals surface area contributed by atoms with Crippen molar-refractivity contribution in [2.24, 2.45) is 0 Å². The van der Waals surface area contributed by atoms with E-state index in [1.165, 1.54) is 61.8 Å². The summed E-state index contributed by atoms with van der Waals surface area (Å²) < 4.78 is 1.24. The van der Waals surface area contributed by atoms with Crippen LogP contribution >= 0.6 is 0 Å². The first-order chi connectivity index (χ1) is 9.08. The lowest BCUT2D eigenvalue weighted by molar-refractivity contribution is -0.922. The van der Waals surface area contributed by atoms with Crippen molar-refractivity contribution in [1.29, 1.82) is 0 Å². The molecule has 1 nitrogen and oxygen atoms in total. The highest BCUT2D eigenvalue weighted by molar-refractivity contribution is 4.99. The number of unbranched alkanes of at least 4 members (excludes halogenated alkanes) is 1. The molecular weight excluding hydrogens is 230 g/mol. The largest absolute Gasteiger partial charge is 0.317 e. The van der Waals surface area contributed by atoms with E-state index < -0.39 is 0 Å². The Bertz CT molecular complexity index is 319. The first-order valence-corrected chi connectivity index (χ1v) is 7.84. The van der Waals surface area contributed by atoms with E-state index in [-0.39, 0.29) is 0 Å². The van der Waals surface area contributed by atoms with E-state index >= 15 is 0 Å². The van der Waals surface area contributed by atoms with Crippen LogP contribution in [0.25, 0.3) is 0 Å². The van der Waals surface area contributed by atoms with E-state index in [4.69, 9.17) is 0 Å². The van der Waals surface area contributed by atoms with Crippen LogP contribution in [0.15, 0.2) is 36.5 Å². The first-order valence-electron chi connectivity index (χ1n) is 7.84. The highest BCUT2D eigenvalue weighted by Gasteiger charge is 2.28. The van der Waals surface area contributed by atoms with Gasteiger partial charge in [-0.1, -0.05) is 18.2 Å². The third-order valence-corrected chi connectivity index (χ3v) is 4.17. The van der Waals surface area contributed by atoms with Crippen LogP contribution in [0, 0.1) is 0 Å². The Kier molecular flexibility index (Phi) is 7.15. The van der Waals surface area contributed by atoms with Crippen molar-refractivity contribution in [3.05, 3.63) is 36.5 Å². The van der Waals surface area contributed by atoms with E-state index in [2.05, 4.69) is 39.2 Å². The molecule has 1 heteroatoms. The summed E-state index contributed by atoms with van der Waals surface area (Å²) >= 11 is 0. The summed E-state index contributed by atoms with van der Waals surface area (Å²) in [6.07, 6.45) is 12.4. The molecule has 0 spiro atoms. The molecule has 0 atom stereocenters. The number of quaternary nitrogens is 1. The second-order valence-electron chi connectivity index (χ2n) is 6.38. The maximum Gasteiger partial charge on any atom is 0.100 e. The fourth-order valence-electron chi connectivity index (χ4n) is 3.21. The van der Waals surface area contributed by atoms with Crippen molar-refractivity contribution in [3.63, 3.8) is 0 Å². The van der Waals surface area contributed by atoms with Gasteiger partial charge in [-0.15, -0.1) is 6.58 Å². The Morgan fingerprint density at radius 1 is 1.16 bits per heavy atom. The van der Waals surface area contributed by atoms with Crippen molar-refractivity contribution in [1.82, 2.24) is 0 Å². The molecule has 0 bridgehead atoms. The Labute approximate surface area is 120 Å². The predicted molar refractivity (Wildman–Crippen MR) is 86.2 cm³/mol. The van der Waals surface area contributed by atoms with Crippen LogP contribution in [0.5, 0.6) is 0 Å². The zero-order valence-electron chi connectivity index (χ0n) is 13.1. The van der Waals surface area contributed by atoms with E-state index in [9.17, 15) is 0 Å². The highest BCUT2D eigenvalue weighted by Crippen LogP contribution is 2.21. The van der Waals surface area contributed by atoms with Gasteiger partial charge in [0.25, 0.3) is 0 Å². The molecule has 1 aliphatic rings. The lowest BCUT2D eigenvalue weighted by atomic mass is 10.0. The molecule has 0 aliphatic carbocycles. The van der Waals surface area contributed by atoms with Crippen LogP contribution in [0.3, 0.4) is 0 Å². The number of hydrogen-bond acceptors (Lipinski definition) is 0. The molecule has 1 aliphatic heterocycles. The molecular formula is C18H32N+.